The molecular weight excluding hydrogens is 702 g/mol. The molecule has 0 unspecified atom stereocenters. The number of hydrogen-bond donors (Lipinski definition) is 0. The number of hydrogen-bond acceptors (Lipinski definition) is 4. The Morgan fingerprint density at radius 3 is 1.26 bits per heavy atom. The van der Waals surface area contributed by atoms with Gasteiger partial charge < -0.3 is 9.13 Å². The fraction of sp³-hybridized carbons (Fsp3) is 0.0476. The number of alkyl halides is 6. The van der Waals surface area contributed by atoms with Crippen molar-refractivity contribution < 1.29 is 26.3 Å². The van der Waals surface area contributed by atoms with E-state index in [-0.39, 0.29) is 55.4 Å². The van der Waals surface area contributed by atoms with Crippen LogP contribution in [0.4, 0.5) is 26.3 Å². The summed E-state index contributed by atoms with van der Waals surface area (Å²) in [6, 6.07) is 32.5. The van der Waals surface area contributed by atoms with Crippen molar-refractivity contribution >= 4 is 43.6 Å². The van der Waals surface area contributed by atoms with Crippen molar-refractivity contribution in [1.82, 2.24) is 9.13 Å². The summed E-state index contributed by atoms with van der Waals surface area (Å²) >= 11 is 0. The van der Waals surface area contributed by atoms with Gasteiger partial charge in [0.25, 0.3) is 0 Å². The first kappa shape index (κ1) is 33.6. The molecule has 6 nitrogen and oxygen atoms in total. The van der Waals surface area contributed by atoms with Crippen molar-refractivity contribution in [2.75, 3.05) is 0 Å². The molecule has 0 aliphatic heterocycles. The number of aromatic nitrogens is 2. The summed E-state index contributed by atoms with van der Waals surface area (Å²) in [5.74, 6) is 0. The minimum atomic E-state index is -5.20. The van der Waals surface area contributed by atoms with E-state index < -0.39 is 34.9 Å². The minimum Gasteiger partial charge on any atom is -0.308 e. The molecule has 258 valence electrons. The fourth-order valence-electron chi connectivity index (χ4n) is 7.19. The van der Waals surface area contributed by atoms with Crippen LogP contribution in [0.1, 0.15) is 33.4 Å². The van der Waals surface area contributed by atoms with E-state index >= 15 is 13.2 Å². The topological polar surface area (TPSA) is 105 Å². The van der Waals surface area contributed by atoms with Gasteiger partial charge in [-0.05, 0) is 72.3 Å². The van der Waals surface area contributed by atoms with Crippen molar-refractivity contribution in [2.24, 2.45) is 0 Å². The van der Waals surface area contributed by atoms with Gasteiger partial charge >= 0.3 is 12.4 Å². The highest BCUT2D eigenvalue weighted by Crippen LogP contribution is 2.48. The van der Waals surface area contributed by atoms with Gasteiger partial charge in [0.05, 0.1) is 85.5 Å². The van der Waals surface area contributed by atoms with Crippen molar-refractivity contribution in [1.29, 1.82) is 21.0 Å². The van der Waals surface area contributed by atoms with Crippen LogP contribution in [0.15, 0.2) is 109 Å². The summed E-state index contributed by atoms with van der Waals surface area (Å²) in [6.07, 6.45) is -10.0. The van der Waals surface area contributed by atoms with Crippen LogP contribution in [0.25, 0.3) is 66.1 Å². The zero-order chi connectivity index (χ0) is 38.1. The first-order valence-electron chi connectivity index (χ1n) is 16.1. The summed E-state index contributed by atoms with van der Waals surface area (Å²) in [7, 11) is 0. The Morgan fingerprint density at radius 1 is 0.444 bits per heavy atom. The van der Waals surface area contributed by atoms with Crippen LogP contribution < -0.4 is 0 Å². The lowest BCUT2D eigenvalue weighted by Gasteiger charge is -2.24. The Bertz CT molecular complexity index is 2940. The minimum absolute atomic E-state index is 0.104. The van der Waals surface area contributed by atoms with Crippen LogP contribution in [0.3, 0.4) is 0 Å². The molecule has 0 amide bonds. The molecule has 2 aromatic heterocycles. The zero-order valence-corrected chi connectivity index (χ0v) is 27.3. The molecule has 54 heavy (non-hydrogen) atoms. The normalized spacial score (nSPS) is 11.8. The van der Waals surface area contributed by atoms with E-state index in [2.05, 4.69) is 0 Å². The maximum absolute atomic E-state index is 16.2. The molecule has 0 saturated carbocycles. The molecular formula is C42H18F6N6. The van der Waals surface area contributed by atoms with Gasteiger partial charge in [-0.2, -0.15) is 47.4 Å². The Hall–Kier alpha value is -7.54. The van der Waals surface area contributed by atoms with Crippen LogP contribution in [0.5, 0.6) is 0 Å². The Morgan fingerprint density at radius 2 is 0.870 bits per heavy atom. The monoisotopic (exact) mass is 720 g/mol. The summed E-state index contributed by atoms with van der Waals surface area (Å²) in [4.78, 5) is 0. The molecule has 0 aliphatic rings. The molecule has 0 N–H and O–H groups in total. The lowest BCUT2D eigenvalue weighted by Crippen LogP contribution is -2.17. The summed E-state index contributed by atoms with van der Waals surface area (Å²) in [5, 5.41) is 41.1. The summed E-state index contributed by atoms with van der Waals surface area (Å²) in [5.41, 5.74) is -2.55. The number of benzene rings is 6. The maximum Gasteiger partial charge on any atom is 0.420 e. The highest BCUT2D eigenvalue weighted by atomic mass is 19.4. The molecule has 0 bridgehead atoms. The van der Waals surface area contributed by atoms with E-state index in [4.69, 9.17) is 0 Å². The van der Waals surface area contributed by atoms with Gasteiger partial charge in [-0.3, -0.25) is 0 Å². The van der Waals surface area contributed by atoms with Crippen LogP contribution in [-0.2, 0) is 12.4 Å². The molecule has 8 rings (SSSR count). The molecule has 0 atom stereocenters. The van der Waals surface area contributed by atoms with Crippen molar-refractivity contribution in [2.45, 2.75) is 12.4 Å². The third-order valence-electron chi connectivity index (χ3n) is 9.46. The van der Waals surface area contributed by atoms with Crippen LogP contribution in [0.2, 0.25) is 0 Å². The molecule has 12 heteroatoms. The number of fused-ring (bicyclic) bond motifs is 6. The summed E-state index contributed by atoms with van der Waals surface area (Å²) in [6.45, 7) is 0. The zero-order valence-electron chi connectivity index (χ0n) is 27.3. The van der Waals surface area contributed by atoms with E-state index in [0.29, 0.717) is 21.5 Å². The van der Waals surface area contributed by atoms with Gasteiger partial charge in [0.2, 0.25) is 0 Å². The van der Waals surface area contributed by atoms with Gasteiger partial charge in [0, 0.05) is 27.1 Å². The number of nitriles is 4. The number of nitrogens with zero attached hydrogens (tertiary/aromatic N) is 6. The van der Waals surface area contributed by atoms with E-state index in [9.17, 15) is 34.2 Å². The van der Waals surface area contributed by atoms with Crippen molar-refractivity contribution in [3.05, 3.63) is 143 Å². The summed E-state index contributed by atoms with van der Waals surface area (Å²) < 4.78 is 93.5. The molecule has 0 aliphatic carbocycles. The van der Waals surface area contributed by atoms with E-state index in [0.717, 1.165) is 24.3 Å². The molecule has 2 heterocycles. The van der Waals surface area contributed by atoms with E-state index in [1.54, 1.807) is 24.3 Å². The molecule has 0 spiro atoms. The SMILES string of the molecule is N#Cc1ccc2c3ccc(C#N)cc3n(-c3ccc(-c4cccc(C(F)(F)F)c4)c(-n4c5cc(C#N)ccc5c5ccc(C#N)cc54)c3C(F)(F)F)c2c1. The van der Waals surface area contributed by atoms with Gasteiger partial charge in [0.15, 0.2) is 0 Å². The van der Waals surface area contributed by atoms with E-state index in [1.165, 1.54) is 69.8 Å². The fourth-order valence-corrected chi connectivity index (χ4v) is 7.19. The molecule has 0 radical (unpaired) electrons. The second-order valence-corrected chi connectivity index (χ2v) is 12.5. The smallest absolute Gasteiger partial charge is 0.308 e. The maximum atomic E-state index is 16.2. The standard InChI is InChI=1S/C42H18F6N6/c43-41(44,45)28-3-1-2-27(18-28)29-12-13-34(53-35-14-23(19-49)4-8-30(35)31-9-5-24(20-50)15-36(31)53)39(42(46,47)48)40(29)54-37-16-25(21-51)6-10-32(37)33-11-7-26(22-52)17-38(33)54/h1-18H. The Kier molecular flexibility index (Phi) is 7.48. The highest BCUT2D eigenvalue weighted by Gasteiger charge is 2.41. The first-order valence-corrected chi connectivity index (χ1v) is 16.1. The second-order valence-electron chi connectivity index (χ2n) is 12.5. The van der Waals surface area contributed by atoms with Crippen molar-refractivity contribution in [3.63, 3.8) is 0 Å². The predicted octanol–water partition coefficient (Wildman–Crippen LogP) is 11.1. The quantitative estimate of drug-likeness (QED) is 0.169. The lowest BCUT2D eigenvalue weighted by atomic mass is 9.95. The average molecular weight is 721 g/mol. The van der Waals surface area contributed by atoms with Crippen LogP contribution >= 0.6 is 0 Å². The third-order valence-corrected chi connectivity index (χ3v) is 9.46. The number of halogens is 6. The highest BCUT2D eigenvalue weighted by molar-refractivity contribution is 6.12. The largest absolute Gasteiger partial charge is 0.420 e. The van der Waals surface area contributed by atoms with Crippen LogP contribution in [0, 0.1) is 45.3 Å². The first-order chi connectivity index (χ1) is 25.9. The molecule has 8 aromatic rings. The van der Waals surface area contributed by atoms with Gasteiger partial charge in [-0.1, -0.05) is 42.5 Å². The van der Waals surface area contributed by atoms with Gasteiger partial charge in [0.1, 0.15) is 5.56 Å². The Balaban J connectivity index is 1.64. The van der Waals surface area contributed by atoms with E-state index in [1.807, 2.05) is 24.3 Å². The van der Waals surface area contributed by atoms with Crippen molar-refractivity contribution in [3.8, 4) is 46.8 Å². The third kappa shape index (κ3) is 5.17. The Labute approximate surface area is 301 Å². The second kappa shape index (κ2) is 12.0. The predicted molar refractivity (Wildman–Crippen MR) is 189 cm³/mol. The molecule has 6 aromatic carbocycles. The van der Waals surface area contributed by atoms with Crippen LogP contribution in [-0.4, -0.2) is 9.13 Å². The van der Waals surface area contributed by atoms with Gasteiger partial charge in [-0.25, -0.2) is 0 Å². The van der Waals surface area contributed by atoms with Gasteiger partial charge in [-0.15, -0.1) is 0 Å². The molecule has 0 saturated heterocycles. The lowest BCUT2D eigenvalue weighted by molar-refractivity contribution is -0.138. The number of rotatable bonds is 3. The average Bonchev–Trinajstić information content (AvgIpc) is 3.67. The molecule has 0 fully saturated rings.